The van der Waals surface area contributed by atoms with Gasteiger partial charge in [0.25, 0.3) is 5.91 Å². The average molecular weight is 312 g/mol. The Hall–Kier alpha value is -3.22. The highest BCUT2D eigenvalue weighted by atomic mass is 19.1. The summed E-state index contributed by atoms with van der Waals surface area (Å²) >= 11 is 0. The van der Waals surface area contributed by atoms with E-state index in [0.29, 0.717) is 11.4 Å². The number of nitrogens with zero attached hydrogens (tertiary/aromatic N) is 2. The van der Waals surface area contributed by atoms with Crippen LogP contribution in [0.15, 0.2) is 53.7 Å². The molecule has 0 aliphatic rings. The number of amides is 1. The molecule has 116 valence electrons. The molecule has 0 saturated carbocycles. The number of hydrogen-bond acceptors (Lipinski definition) is 3. The lowest BCUT2D eigenvalue weighted by Crippen LogP contribution is -2.15. The van der Waals surface area contributed by atoms with Gasteiger partial charge in [-0.1, -0.05) is 6.07 Å². The molecule has 7 heteroatoms. The minimum Gasteiger partial charge on any atom is -0.322 e. The number of benzene rings is 1. The van der Waals surface area contributed by atoms with E-state index in [4.69, 9.17) is 0 Å². The van der Waals surface area contributed by atoms with Crippen molar-refractivity contribution in [1.29, 1.82) is 0 Å². The topological polar surface area (TPSA) is 79.8 Å². The van der Waals surface area contributed by atoms with Crippen molar-refractivity contribution < 1.29 is 9.18 Å². The number of hydrogen-bond donors (Lipinski definition) is 2. The first-order valence-corrected chi connectivity index (χ1v) is 6.83. The van der Waals surface area contributed by atoms with Crippen molar-refractivity contribution in [3.05, 3.63) is 76.5 Å². The summed E-state index contributed by atoms with van der Waals surface area (Å²) < 4.78 is 14.6. The van der Waals surface area contributed by atoms with Crippen molar-refractivity contribution in [2.45, 2.75) is 6.92 Å². The van der Waals surface area contributed by atoms with Crippen LogP contribution in [0.1, 0.15) is 16.1 Å². The van der Waals surface area contributed by atoms with Gasteiger partial charge in [0.1, 0.15) is 5.82 Å². The van der Waals surface area contributed by atoms with Crippen LogP contribution in [0, 0.1) is 12.7 Å². The van der Waals surface area contributed by atoms with Gasteiger partial charge in [-0.25, -0.2) is 9.18 Å². The Labute approximate surface area is 130 Å². The van der Waals surface area contributed by atoms with Gasteiger partial charge in [0, 0.05) is 23.8 Å². The number of H-pyrrole nitrogens is 1. The molecule has 0 radical (unpaired) electrons. The number of halogens is 1. The standard InChI is InChI=1S/C16H13FN4O2/c1-10-9-21(16(23)19-10)14-4-2-3-13(6-14)20-15(22)11-5-12(17)8-18-7-11/h2-9H,1H3,(H,19,23)(H,20,22). The minimum absolute atomic E-state index is 0.116. The average Bonchev–Trinajstić information content (AvgIpc) is 2.86. The number of nitrogens with one attached hydrogen (secondary N) is 2. The van der Waals surface area contributed by atoms with Crippen LogP contribution in [0.2, 0.25) is 0 Å². The fourth-order valence-electron chi connectivity index (χ4n) is 2.18. The Bertz CT molecular complexity index is 930. The molecular weight excluding hydrogens is 299 g/mol. The maximum Gasteiger partial charge on any atom is 0.330 e. The van der Waals surface area contributed by atoms with Gasteiger partial charge in [-0.15, -0.1) is 0 Å². The summed E-state index contributed by atoms with van der Waals surface area (Å²) in [6, 6.07) is 7.89. The van der Waals surface area contributed by atoms with Crippen molar-refractivity contribution in [3.63, 3.8) is 0 Å². The summed E-state index contributed by atoms with van der Waals surface area (Å²) in [5.41, 5.74) is 1.68. The molecule has 23 heavy (non-hydrogen) atoms. The second kappa shape index (κ2) is 5.88. The van der Waals surface area contributed by atoms with E-state index < -0.39 is 11.7 Å². The van der Waals surface area contributed by atoms with E-state index in [2.05, 4.69) is 15.3 Å². The minimum atomic E-state index is -0.583. The monoisotopic (exact) mass is 312 g/mol. The summed E-state index contributed by atoms with van der Waals surface area (Å²) in [6.45, 7) is 1.78. The highest BCUT2D eigenvalue weighted by molar-refractivity contribution is 6.04. The lowest BCUT2D eigenvalue weighted by Gasteiger charge is -2.07. The summed E-state index contributed by atoms with van der Waals surface area (Å²) in [5.74, 6) is -1.06. The molecule has 2 N–H and O–H groups in total. The molecule has 0 unspecified atom stereocenters. The molecule has 0 spiro atoms. The van der Waals surface area contributed by atoms with E-state index in [9.17, 15) is 14.0 Å². The number of imidazole rings is 1. The van der Waals surface area contributed by atoms with E-state index >= 15 is 0 Å². The van der Waals surface area contributed by atoms with E-state index in [1.54, 1.807) is 37.4 Å². The predicted molar refractivity (Wildman–Crippen MR) is 83.3 cm³/mol. The van der Waals surface area contributed by atoms with Gasteiger partial charge >= 0.3 is 5.69 Å². The van der Waals surface area contributed by atoms with Gasteiger partial charge in [0.15, 0.2) is 0 Å². The Balaban J connectivity index is 1.87. The van der Waals surface area contributed by atoms with Crippen LogP contribution in [0.3, 0.4) is 0 Å². The predicted octanol–water partition coefficient (Wildman–Crippen LogP) is 2.26. The normalized spacial score (nSPS) is 10.5. The molecule has 2 heterocycles. The highest BCUT2D eigenvalue weighted by Crippen LogP contribution is 2.15. The third kappa shape index (κ3) is 3.18. The van der Waals surface area contributed by atoms with E-state index in [1.807, 2.05) is 0 Å². The Kier molecular flexibility index (Phi) is 3.76. The zero-order valence-electron chi connectivity index (χ0n) is 12.2. The molecule has 0 aliphatic heterocycles. The van der Waals surface area contributed by atoms with Crippen LogP contribution in [0.25, 0.3) is 5.69 Å². The molecular formula is C16H13FN4O2. The molecule has 0 saturated heterocycles. The molecule has 0 fully saturated rings. The first-order chi connectivity index (χ1) is 11.0. The lowest BCUT2D eigenvalue weighted by atomic mass is 10.2. The van der Waals surface area contributed by atoms with Crippen molar-refractivity contribution in [3.8, 4) is 5.69 Å². The van der Waals surface area contributed by atoms with Gasteiger partial charge in [-0.3, -0.25) is 14.3 Å². The molecule has 0 aliphatic carbocycles. The number of carbonyl (C=O) groups excluding carboxylic acids is 1. The summed E-state index contributed by atoms with van der Waals surface area (Å²) in [7, 11) is 0. The van der Waals surface area contributed by atoms with E-state index in [-0.39, 0.29) is 11.3 Å². The largest absolute Gasteiger partial charge is 0.330 e. The second-order valence-electron chi connectivity index (χ2n) is 5.01. The van der Waals surface area contributed by atoms with Crippen molar-refractivity contribution in [2.75, 3.05) is 5.32 Å². The van der Waals surface area contributed by atoms with Gasteiger partial charge < -0.3 is 10.3 Å². The fraction of sp³-hybridized carbons (Fsp3) is 0.0625. The zero-order chi connectivity index (χ0) is 16.4. The molecule has 2 aromatic heterocycles. The maximum atomic E-state index is 13.1. The Morgan fingerprint density at radius 1 is 1.30 bits per heavy atom. The van der Waals surface area contributed by atoms with Crippen LogP contribution >= 0.6 is 0 Å². The summed E-state index contributed by atoms with van der Waals surface area (Å²) in [4.78, 5) is 30.2. The van der Waals surface area contributed by atoms with Gasteiger partial charge in [0.2, 0.25) is 0 Å². The molecule has 0 atom stereocenters. The molecule has 3 rings (SSSR count). The fourth-order valence-corrected chi connectivity index (χ4v) is 2.18. The smallest absolute Gasteiger partial charge is 0.322 e. The molecule has 3 aromatic rings. The molecule has 6 nitrogen and oxygen atoms in total. The molecule has 1 amide bonds. The van der Waals surface area contributed by atoms with Gasteiger partial charge in [-0.05, 0) is 31.2 Å². The number of rotatable bonds is 3. The van der Waals surface area contributed by atoms with E-state index in [1.165, 1.54) is 10.8 Å². The number of carbonyl (C=O) groups is 1. The Morgan fingerprint density at radius 3 is 2.83 bits per heavy atom. The maximum absolute atomic E-state index is 13.1. The first kappa shape index (κ1) is 14.7. The quantitative estimate of drug-likeness (QED) is 0.778. The number of aromatic amines is 1. The molecule has 0 bridgehead atoms. The second-order valence-corrected chi connectivity index (χ2v) is 5.01. The van der Waals surface area contributed by atoms with Gasteiger partial charge in [-0.2, -0.15) is 0 Å². The van der Waals surface area contributed by atoms with Crippen LogP contribution in [-0.4, -0.2) is 20.4 Å². The zero-order valence-corrected chi connectivity index (χ0v) is 12.2. The first-order valence-electron chi connectivity index (χ1n) is 6.83. The number of aryl methyl sites for hydroxylation is 1. The third-order valence-corrected chi connectivity index (χ3v) is 3.19. The van der Waals surface area contributed by atoms with Crippen LogP contribution in [0.5, 0.6) is 0 Å². The highest BCUT2D eigenvalue weighted by Gasteiger charge is 2.09. The van der Waals surface area contributed by atoms with Crippen molar-refractivity contribution in [2.24, 2.45) is 0 Å². The van der Waals surface area contributed by atoms with Crippen molar-refractivity contribution in [1.82, 2.24) is 14.5 Å². The number of pyridine rings is 1. The summed E-state index contributed by atoms with van der Waals surface area (Å²) in [6.07, 6.45) is 3.97. The Morgan fingerprint density at radius 2 is 2.13 bits per heavy atom. The van der Waals surface area contributed by atoms with Crippen LogP contribution < -0.4 is 11.0 Å². The number of anilines is 1. The third-order valence-electron chi connectivity index (χ3n) is 3.19. The van der Waals surface area contributed by atoms with Gasteiger partial charge in [0.05, 0.1) is 17.4 Å². The van der Waals surface area contributed by atoms with Crippen LogP contribution in [-0.2, 0) is 0 Å². The van der Waals surface area contributed by atoms with Crippen LogP contribution in [0.4, 0.5) is 10.1 Å². The lowest BCUT2D eigenvalue weighted by molar-refractivity contribution is 0.102. The SMILES string of the molecule is Cc1cn(-c2cccc(NC(=O)c3cncc(F)c3)c2)c(=O)[nH]1. The van der Waals surface area contributed by atoms with Crippen molar-refractivity contribution >= 4 is 11.6 Å². The van der Waals surface area contributed by atoms with E-state index in [0.717, 1.165) is 18.0 Å². The molecule has 1 aromatic carbocycles. The number of aromatic nitrogens is 3. The summed E-state index contributed by atoms with van der Waals surface area (Å²) in [5, 5.41) is 2.65.